The van der Waals surface area contributed by atoms with Crippen LogP contribution in [0.5, 0.6) is 0 Å². The van der Waals surface area contributed by atoms with E-state index in [9.17, 15) is 9.50 Å². The molecule has 0 unspecified atom stereocenters. The number of hydrogen-bond donors (Lipinski definition) is 1. The van der Waals surface area contributed by atoms with Gasteiger partial charge in [-0.1, -0.05) is 12.1 Å². The molecule has 0 bridgehead atoms. The summed E-state index contributed by atoms with van der Waals surface area (Å²) < 4.78 is 12.7. The zero-order valence-corrected chi connectivity index (χ0v) is 10.2. The van der Waals surface area contributed by atoms with Crippen LogP contribution in [0.15, 0.2) is 24.3 Å². The molecule has 0 spiro atoms. The quantitative estimate of drug-likeness (QED) is 0.829. The molecule has 0 saturated heterocycles. The Hall–Kier alpha value is -0.930. The van der Waals surface area contributed by atoms with Crippen molar-refractivity contribution in [2.75, 3.05) is 20.1 Å². The predicted octanol–water partition coefficient (Wildman–Crippen LogP) is 2.07. The second kappa shape index (κ2) is 5.41. The van der Waals surface area contributed by atoms with Crippen LogP contribution in [0.2, 0.25) is 0 Å². The molecule has 0 amide bonds. The molecule has 0 aromatic heterocycles. The van der Waals surface area contributed by atoms with Crippen molar-refractivity contribution < 1.29 is 9.50 Å². The fraction of sp³-hybridized carbons (Fsp3) is 0.538. The van der Waals surface area contributed by atoms with Crippen LogP contribution < -0.4 is 0 Å². The molecular formula is C13H20FNO. The highest BCUT2D eigenvalue weighted by Crippen LogP contribution is 2.06. The van der Waals surface area contributed by atoms with Gasteiger partial charge in [-0.2, -0.15) is 0 Å². The maximum Gasteiger partial charge on any atom is 0.123 e. The van der Waals surface area contributed by atoms with Crippen molar-refractivity contribution in [3.05, 3.63) is 35.6 Å². The first-order valence-electron chi connectivity index (χ1n) is 5.52. The van der Waals surface area contributed by atoms with E-state index in [0.717, 1.165) is 18.5 Å². The summed E-state index contributed by atoms with van der Waals surface area (Å²) >= 11 is 0. The number of likely N-dealkylation sites (N-methyl/N-ethyl adjacent to an activating group) is 1. The van der Waals surface area contributed by atoms with E-state index in [1.807, 2.05) is 7.05 Å². The summed E-state index contributed by atoms with van der Waals surface area (Å²) in [4.78, 5) is 2.07. The maximum absolute atomic E-state index is 12.7. The molecule has 2 nitrogen and oxygen atoms in total. The lowest BCUT2D eigenvalue weighted by atomic mass is 10.1. The Labute approximate surface area is 96.7 Å². The van der Waals surface area contributed by atoms with Crippen molar-refractivity contribution in [2.45, 2.75) is 25.9 Å². The standard InChI is InChI=1S/C13H20FNO/c1-13(2,16)10-15(3)9-8-11-4-6-12(14)7-5-11/h4-7,16H,8-10H2,1-3H3. The normalized spacial score (nSPS) is 12.1. The van der Waals surface area contributed by atoms with Gasteiger partial charge in [-0.15, -0.1) is 0 Å². The number of hydrogen-bond acceptors (Lipinski definition) is 2. The van der Waals surface area contributed by atoms with E-state index in [4.69, 9.17) is 0 Å². The molecule has 3 heteroatoms. The van der Waals surface area contributed by atoms with Gasteiger partial charge >= 0.3 is 0 Å². The van der Waals surface area contributed by atoms with Gasteiger partial charge < -0.3 is 10.0 Å². The van der Waals surface area contributed by atoms with E-state index in [2.05, 4.69) is 4.90 Å². The van der Waals surface area contributed by atoms with Gasteiger partial charge in [0.05, 0.1) is 5.60 Å². The van der Waals surface area contributed by atoms with Crippen LogP contribution in [-0.2, 0) is 6.42 Å². The number of rotatable bonds is 5. The largest absolute Gasteiger partial charge is 0.389 e. The number of aliphatic hydroxyl groups is 1. The SMILES string of the molecule is CN(CCc1ccc(F)cc1)CC(C)(C)O. The molecule has 0 atom stereocenters. The molecule has 0 aliphatic heterocycles. The lowest BCUT2D eigenvalue weighted by molar-refractivity contribution is 0.0450. The van der Waals surface area contributed by atoms with Gasteiger partial charge in [0, 0.05) is 13.1 Å². The van der Waals surface area contributed by atoms with E-state index in [-0.39, 0.29) is 5.82 Å². The van der Waals surface area contributed by atoms with Gasteiger partial charge in [-0.25, -0.2) is 4.39 Å². The molecule has 0 heterocycles. The molecule has 1 rings (SSSR count). The first kappa shape index (κ1) is 13.1. The number of nitrogens with zero attached hydrogens (tertiary/aromatic N) is 1. The molecule has 1 aromatic carbocycles. The average Bonchev–Trinajstić information content (AvgIpc) is 2.14. The summed E-state index contributed by atoms with van der Waals surface area (Å²) in [5, 5.41) is 9.63. The van der Waals surface area contributed by atoms with Gasteiger partial charge in [0.1, 0.15) is 5.82 Å². The summed E-state index contributed by atoms with van der Waals surface area (Å²) in [5.41, 5.74) is 0.446. The molecule has 0 aliphatic rings. The van der Waals surface area contributed by atoms with Crippen molar-refractivity contribution in [3.8, 4) is 0 Å². The Bertz CT molecular complexity index is 316. The minimum atomic E-state index is -0.669. The molecule has 1 aromatic rings. The Morgan fingerprint density at radius 1 is 1.25 bits per heavy atom. The van der Waals surface area contributed by atoms with Crippen LogP contribution in [0.4, 0.5) is 4.39 Å². The topological polar surface area (TPSA) is 23.5 Å². The molecular weight excluding hydrogens is 205 g/mol. The smallest absolute Gasteiger partial charge is 0.123 e. The predicted molar refractivity (Wildman–Crippen MR) is 63.9 cm³/mol. The lowest BCUT2D eigenvalue weighted by Crippen LogP contribution is -2.37. The minimum Gasteiger partial charge on any atom is -0.389 e. The summed E-state index contributed by atoms with van der Waals surface area (Å²) in [7, 11) is 1.97. The van der Waals surface area contributed by atoms with Gasteiger partial charge in [0.2, 0.25) is 0 Å². The Kier molecular flexibility index (Phi) is 4.44. The van der Waals surface area contributed by atoms with Gasteiger partial charge in [0.25, 0.3) is 0 Å². The number of benzene rings is 1. The van der Waals surface area contributed by atoms with Gasteiger partial charge in [-0.05, 0) is 45.0 Å². The van der Waals surface area contributed by atoms with E-state index in [1.165, 1.54) is 12.1 Å². The van der Waals surface area contributed by atoms with E-state index in [1.54, 1.807) is 26.0 Å². The lowest BCUT2D eigenvalue weighted by Gasteiger charge is -2.25. The average molecular weight is 225 g/mol. The zero-order valence-electron chi connectivity index (χ0n) is 10.2. The van der Waals surface area contributed by atoms with Crippen molar-refractivity contribution in [2.24, 2.45) is 0 Å². The second-order valence-electron chi connectivity index (χ2n) is 4.93. The van der Waals surface area contributed by atoms with Gasteiger partial charge in [-0.3, -0.25) is 0 Å². The second-order valence-corrected chi connectivity index (χ2v) is 4.93. The maximum atomic E-state index is 12.7. The summed E-state index contributed by atoms with van der Waals surface area (Å²) in [6, 6.07) is 6.55. The highest BCUT2D eigenvalue weighted by Gasteiger charge is 2.14. The summed E-state index contributed by atoms with van der Waals surface area (Å²) in [5.74, 6) is -0.200. The highest BCUT2D eigenvalue weighted by molar-refractivity contribution is 5.16. The fourth-order valence-corrected chi connectivity index (χ4v) is 1.71. The minimum absolute atomic E-state index is 0.200. The molecule has 16 heavy (non-hydrogen) atoms. The van der Waals surface area contributed by atoms with E-state index < -0.39 is 5.60 Å². The van der Waals surface area contributed by atoms with Gasteiger partial charge in [0.15, 0.2) is 0 Å². The molecule has 1 N–H and O–H groups in total. The third kappa shape index (κ3) is 5.24. The zero-order chi connectivity index (χ0) is 12.2. The van der Waals surface area contributed by atoms with Crippen LogP contribution in [0.25, 0.3) is 0 Å². The van der Waals surface area contributed by atoms with Crippen molar-refractivity contribution in [1.82, 2.24) is 4.90 Å². The molecule has 0 fully saturated rings. The Morgan fingerprint density at radius 3 is 2.31 bits per heavy atom. The van der Waals surface area contributed by atoms with Crippen LogP contribution in [0.3, 0.4) is 0 Å². The third-order valence-electron chi connectivity index (χ3n) is 2.35. The van der Waals surface area contributed by atoms with Crippen molar-refractivity contribution >= 4 is 0 Å². The molecule has 0 aliphatic carbocycles. The summed E-state index contributed by atoms with van der Waals surface area (Å²) in [6.45, 7) is 5.08. The van der Waals surface area contributed by atoms with E-state index >= 15 is 0 Å². The monoisotopic (exact) mass is 225 g/mol. The van der Waals surface area contributed by atoms with Crippen LogP contribution in [-0.4, -0.2) is 35.7 Å². The first-order chi connectivity index (χ1) is 7.37. The van der Waals surface area contributed by atoms with E-state index in [0.29, 0.717) is 6.54 Å². The Morgan fingerprint density at radius 2 is 1.81 bits per heavy atom. The highest BCUT2D eigenvalue weighted by atomic mass is 19.1. The number of halogens is 1. The summed E-state index contributed by atoms with van der Waals surface area (Å²) in [6.07, 6.45) is 0.868. The fourth-order valence-electron chi connectivity index (χ4n) is 1.71. The Balaban J connectivity index is 2.37. The molecule has 0 radical (unpaired) electrons. The molecule has 90 valence electrons. The van der Waals surface area contributed by atoms with Crippen molar-refractivity contribution in [3.63, 3.8) is 0 Å². The van der Waals surface area contributed by atoms with Crippen LogP contribution in [0, 0.1) is 5.82 Å². The van der Waals surface area contributed by atoms with Crippen molar-refractivity contribution in [1.29, 1.82) is 0 Å². The third-order valence-corrected chi connectivity index (χ3v) is 2.35. The molecule has 0 saturated carbocycles. The van der Waals surface area contributed by atoms with Crippen LogP contribution in [0.1, 0.15) is 19.4 Å². The van der Waals surface area contributed by atoms with Crippen LogP contribution >= 0.6 is 0 Å². The first-order valence-corrected chi connectivity index (χ1v) is 5.52.